The van der Waals surface area contributed by atoms with Crippen LogP contribution in [-0.4, -0.2) is 50.5 Å². The molecule has 0 spiro atoms. The van der Waals surface area contributed by atoms with Gasteiger partial charge in [0.25, 0.3) is 0 Å². The number of methoxy groups -OCH3 is 1. The quantitative estimate of drug-likeness (QED) is 0.387. The van der Waals surface area contributed by atoms with Gasteiger partial charge in [0.1, 0.15) is 0 Å². The Kier molecular flexibility index (Phi) is 6.66. The molecule has 4 aromatic rings. The molecule has 0 saturated heterocycles. The summed E-state index contributed by atoms with van der Waals surface area (Å²) in [4.78, 5) is 11.0. The minimum absolute atomic E-state index is 0.137. The molecule has 2 heterocycles. The molecule has 0 saturated carbocycles. The van der Waals surface area contributed by atoms with Crippen LogP contribution in [0.4, 0.5) is 15.8 Å². The van der Waals surface area contributed by atoms with Crippen LogP contribution in [0.25, 0.3) is 22.3 Å². The second-order valence-corrected chi connectivity index (χ2v) is 8.54. The summed E-state index contributed by atoms with van der Waals surface area (Å²) in [6.07, 6.45) is 6.74. The molecule has 1 atom stereocenters. The Hall–Kier alpha value is -3.37. The van der Waals surface area contributed by atoms with Crippen molar-refractivity contribution in [3.05, 3.63) is 60.3 Å². The molecular weight excluding hydrogens is 445 g/mol. The monoisotopic (exact) mass is 469 g/mol. The van der Waals surface area contributed by atoms with Gasteiger partial charge in [-0.2, -0.15) is 5.10 Å². The van der Waals surface area contributed by atoms with Gasteiger partial charge in [-0.15, -0.1) is 0 Å². The van der Waals surface area contributed by atoms with Gasteiger partial charge in [-0.25, -0.2) is 13.6 Å². The molecule has 2 aromatic carbocycles. The predicted octanol–water partition coefficient (Wildman–Crippen LogP) is 3.93. The number of aromatic nitrogens is 4. The molecule has 0 N–H and O–H groups in total. The van der Waals surface area contributed by atoms with E-state index in [1.165, 1.54) is 13.4 Å². The number of halogens is 1. The summed E-state index contributed by atoms with van der Waals surface area (Å²) in [6.45, 7) is 2.27. The van der Waals surface area contributed by atoms with Gasteiger partial charge >= 0.3 is 0 Å². The highest BCUT2D eigenvalue weighted by atomic mass is 32.2. The summed E-state index contributed by atoms with van der Waals surface area (Å²) in [5.41, 5.74) is 4.76. The fraction of sp³-hybridized carbons (Fsp3) is 0.261. The van der Waals surface area contributed by atoms with E-state index in [0.717, 1.165) is 11.1 Å². The Labute approximate surface area is 193 Å². The molecule has 2 aromatic heterocycles. The summed E-state index contributed by atoms with van der Waals surface area (Å²) >= 11 is -1.43. The first-order chi connectivity index (χ1) is 15.9. The van der Waals surface area contributed by atoms with Crippen LogP contribution in [0.2, 0.25) is 0 Å². The van der Waals surface area contributed by atoms with Crippen molar-refractivity contribution in [2.75, 3.05) is 31.4 Å². The van der Waals surface area contributed by atoms with Gasteiger partial charge in [-0.3, -0.25) is 13.8 Å². The van der Waals surface area contributed by atoms with Crippen molar-refractivity contribution >= 4 is 33.5 Å². The average Bonchev–Trinajstić information content (AvgIpc) is 3.23. The number of benzene rings is 2. The molecule has 10 heteroatoms. The minimum atomic E-state index is -1.43. The zero-order chi connectivity index (χ0) is 23.5. The van der Waals surface area contributed by atoms with Crippen LogP contribution in [-0.2, 0) is 22.3 Å². The SMILES string of the molecule is COc1cc(C)cc(N(CCOS(C)=O)c2ccc3ncc(-c4cnn(C)c4)nc3c2)c1F. The van der Waals surface area contributed by atoms with E-state index in [0.29, 0.717) is 28.1 Å². The lowest BCUT2D eigenvalue weighted by molar-refractivity contribution is 0.359. The molecule has 0 radical (unpaired) electrons. The van der Waals surface area contributed by atoms with E-state index in [1.54, 1.807) is 34.1 Å². The third kappa shape index (κ3) is 5.01. The van der Waals surface area contributed by atoms with Crippen molar-refractivity contribution in [1.29, 1.82) is 0 Å². The number of ether oxygens (including phenoxy) is 1. The number of anilines is 2. The minimum Gasteiger partial charge on any atom is -0.494 e. The summed E-state index contributed by atoms with van der Waals surface area (Å²) in [6, 6.07) is 8.90. The Balaban J connectivity index is 1.79. The van der Waals surface area contributed by atoms with Gasteiger partial charge in [0.05, 0.1) is 48.5 Å². The second-order valence-electron chi connectivity index (χ2n) is 7.51. The Bertz CT molecular complexity index is 1330. The maximum Gasteiger partial charge on any atom is 0.188 e. The van der Waals surface area contributed by atoms with Crippen molar-refractivity contribution in [3.63, 3.8) is 0 Å². The predicted molar refractivity (Wildman–Crippen MR) is 126 cm³/mol. The van der Waals surface area contributed by atoms with E-state index in [9.17, 15) is 4.21 Å². The third-order valence-electron chi connectivity index (χ3n) is 5.08. The fourth-order valence-electron chi connectivity index (χ4n) is 3.56. The first-order valence-corrected chi connectivity index (χ1v) is 11.7. The lowest BCUT2D eigenvalue weighted by Crippen LogP contribution is -2.24. The molecular formula is C23H24FN5O3S. The fourth-order valence-corrected chi connectivity index (χ4v) is 3.87. The molecule has 1 unspecified atom stereocenters. The highest BCUT2D eigenvalue weighted by molar-refractivity contribution is 7.79. The Morgan fingerprint density at radius 1 is 1.18 bits per heavy atom. The van der Waals surface area contributed by atoms with Gasteiger partial charge in [-0.05, 0) is 42.8 Å². The van der Waals surface area contributed by atoms with Crippen LogP contribution < -0.4 is 9.64 Å². The Morgan fingerprint density at radius 2 is 2.00 bits per heavy atom. The van der Waals surface area contributed by atoms with Crippen molar-refractivity contribution in [1.82, 2.24) is 19.7 Å². The number of hydrogen-bond acceptors (Lipinski definition) is 7. The molecule has 0 aliphatic carbocycles. The number of rotatable bonds is 8. The lowest BCUT2D eigenvalue weighted by Gasteiger charge is -2.26. The highest BCUT2D eigenvalue weighted by Crippen LogP contribution is 2.35. The summed E-state index contributed by atoms with van der Waals surface area (Å²) in [5, 5.41) is 4.19. The largest absolute Gasteiger partial charge is 0.494 e. The number of hydrogen-bond donors (Lipinski definition) is 0. The summed E-state index contributed by atoms with van der Waals surface area (Å²) in [5.74, 6) is -0.342. The standard InChI is InChI=1S/C23H24FN5O3S/c1-15-9-21(23(24)22(10-15)31-3)29(7-8-32-33(4)30)17-5-6-18-19(11-17)27-20(13-25-18)16-12-26-28(2)14-16/h5-6,9-14H,7-8H2,1-4H3. The molecule has 0 aliphatic rings. The van der Waals surface area contributed by atoms with Gasteiger partial charge in [0.15, 0.2) is 22.6 Å². The molecule has 0 aliphatic heterocycles. The molecule has 172 valence electrons. The first kappa shape index (κ1) is 22.8. The molecule has 0 bridgehead atoms. The first-order valence-electron chi connectivity index (χ1n) is 10.2. The molecule has 33 heavy (non-hydrogen) atoms. The lowest BCUT2D eigenvalue weighted by atomic mass is 10.1. The van der Waals surface area contributed by atoms with Crippen molar-refractivity contribution < 1.29 is 17.5 Å². The summed E-state index contributed by atoms with van der Waals surface area (Å²) < 4.78 is 38.9. The van der Waals surface area contributed by atoms with E-state index in [2.05, 4.69) is 10.1 Å². The number of fused-ring (bicyclic) bond motifs is 1. The van der Waals surface area contributed by atoms with Crippen molar-refractivity contribution in [2.24, 2.45) is 7.05 Å². The van der Waals surface area contributed by atoms with Crippen LogP contribution in [0.1, 0.15) is 5.56 Å². The molecule has 0 amide bonds. The van der Waals surface area contributed by atoms with E-state index in [1.807, 2.05) is 38.4 Å². The van der Waals surface area contributed by atoms with Crippen LogP contribution in [0.3, 0.4) is 0 Å². The maximum absolute atomic E-state index is 15.3. The maximum atomic E-state index is 15.3. The van der Waals surface area contributed by atoms with E-state index in [-0.39, 0.29) is 18.9 Å². The van der Waals surface area contributed by atoms with Gasteiger partial charge in [0.2, 0.25) is 0 Å². The second kappa shape index (κ2) is 9.63. The Morgan fingerprint density at radius 3 is 2.70 bits per heavy atom. The zero-order valence-electron chi connectivity index (χ0n) is 18.8. The van der Waals surface area contributed by atoms with Crippen LogP contribution in [0.5, 0.6) is 5.75 Å². The van der Waals surface area contributed by atoms with Crippen LogP contribution in [0, 0.1) is 12.7 Å². The summed E-state index contributed by atoms with van der Waals surface area (Å²) in [7, 11) is 3.27. The normalized spacial score (nSPS) is 12.2. The van der Waals surface area contributed by atoms with Crippen LogP contribution in [0.15, 0.2) is 48.9 Å². The van der Waals surface area contributed by atoms with E-state index < -0.39 is 16.9 Å². The van der Waals surface area contributed by atoms with Gasteiger partial charge in [-0.1, -0.05) is 0 Å². The topological polar surface area (TPSA) is 82.4 Å². The van der Waals surface area contributed by atoms with Crippen LogP contribution >= 0.6 is 0 Å². The van der Waals surface area contributed by atoms with E-state index in [4.69, 9.17) is 13.9 Å². The van der Waals surface area contributed by atoms with Crippen molar-refractivity contribution in [3.8, 4) is 17.0 Å². The molecule has 8 nitrogen and oxygen atoms in total. The zero-order valence-corrected chi connectivity index (χ0v) is 19.6. The smallest absolute Gasteiger partial charge is 0.188 e. The molecule has 0 fully saturated rings. The van der Waals surface area contributed by atoms with E-state index >= 15 is 4.39 Å². The average molecular weight is 470 g/mol. The molecule has 4 rings (SSSR count). The number of aryl methyl sites for hydroxylation is 2. The third-order valence-corrected chi connectivity index (χ3v) is 5.58. The van der Waals surface area contributed by atoms with Gasteiger partial charge < -0.3 is 9.64 Å². The van der Waals surface area contributed by atoms with Crippen molar-refractivity contribution in [2.45, 2.75) is 6.92 Å². The highest BCUT2D eigenvalue weighted by Gasteiger charge is 2.19. The number of nitrogens with zero attached hydrogens (tertiary/aromatic N) is 5. The van der Waals surface area contributed by atoms with Gasteiger partial charge in [0, 0.05) is 37.3 Å².